The molecule has 0 saturated carbocycles. The minimum atomic E-state index is -4.20. The summed E-state index contributed by atoms with van der Waals surface area (Å²) in [5.74, 6) is 0.104. The molecule has 1 atom stereocenters. The summed E-state index contributed by atoms with van der Waals surface area (Å²) in [5.41, 5.74) is 1.88. The molecule has 0 aromatic heterocycles. The lowest BCUT2D eigenvalue weighted by molar-refractivity contribution is -0.140. The predicted octanol–water partition coefficient (Wildman–Crippen LogP) is 4.54. The number of anilines is 1. The van der Waals surface area contributed by atoms with Gasteiger partial charge < -0.3 is 19.7 Å². The van der Waals surface area contributed by atoms with Gasteiger partial charge >= 0.3 is 0 Å². The highest BCUT2D eigenvalue weighted by atomic mass is 32.2. The van der Waals surface area contributed by atoms with Crippen molar-refractivity contribution in [2.24, 2.45) is 0 Å². The number of benzene rings is 3. The average Bonchev–Trinajstić information content (AvgIpc) is 2.95. The lowest BCUT2D eigenvalue weighted by atomic mass is 10.1. The number of hydrogen-bond donors (Lipinski definition) is 1. The second kappa shape index (κ2) is 14.0. The van der Waals surface area contributed by atoms with E-state index in [4.69, 9.17) is 9.47 Å². The van der Waals surface area contributed by atoms with Crippen molar-refractivity contribution in [3.63, 3.8) is 0 Å². The maximum Gasteiger partial charge on any atom is 0.264 e. The molecule has 2 amide bonds. The largest absolute Gasteiger partial charge is 0.497 e. The molecule has 0 fully saturated rings. The number of carbonyl (C=O) groups is 2. The quantitative estimate of drug-likeness (QED) is 0.318. The van der Waals surface area contributed by atoms with Gasteiger partial charge in [0.05, 0.1) is 24.8 Å². The Hall–Kier alpha value is -4.05. The van der Waals surface area contributed by atoms with E-state index in [0.29, 0.717) is 17.9 Å². The molecule has 9 nitrogen and oxygen atoms in total. The van der Waals surface area contributed by atoms with Gasteiger partial charge in [-0.05, 0) is 69.2 Å². The molecule has 41 heavy (non-hydrogen) atoms. The van der Waals surface area contributed by atoms with Gasteiger partial charge in [0.25, 0.3) is 10.0 Å². The second-order valence-corrected chi connectivity index (χ2v) is 11.8. The summed E-state index contributed by atoms with van der Waals surface area (Å²) in [7, 11) is -1.19. The summed E-state index contributed by atoms with van der Waals surface area (Å²) in [6.45, 7) is 6.92. The number of ether oxygens (including phenoxy) is 2. The average molecular weight is 582 g/mol. The molecule has 0 aliphatic heterocycles. The molecule has 0 aliphatic carbocycles. The summed E-state index contributed by atoms with van der Waals surface area (Å²) in [6.07, 6.45) is 0.333. The van der Waals surface area contributed by atoms with E-state index < -0.39 is 28.5 Å². The fraction of sp³-hybridized carbons (Fsp3) is 0.355. The standard InChI is InChI=1S/C31H39N3O6S/c1-7-27(31(36)32-22(2)3)33(20-24-14-16-25(39-5)17-15-24)30(35)21-34(28-10-8-9-11-29(28)40-6)41(37,38)26-18-12-23(4)13-19-26/h8-19,22,27H,7,20-21H2,1-6H3,(H,32,36)/t27-/m0/s1. The Morgan fingerprint density at radius 1 is 0.902 bits per heavy atom. The predicted molar refractivity (Wildman–Crippen MR) is 160 cm³/mol. The van der Waals surface area contributed by atoms with Crippen molar-refractivity contribution in [3.05, 3.63) is 83.9 Å². The second-order valence-electron chi connectivity index (χ2n) is 9.95. The lowest BCUT2D eigenvalue weighted by Crippen LogP contribution is -2.53. The molecule has 0 saturated heterocycles. The molecular weight excluding hydrogens is 542 g/mol. The molecule has 1 N–H and O–H groups in total. The van der Waals surface area contributed by atoms with Crippen molar-refractivity contribution in [2.45, 2.75) is 57.6 Å². The summed E-state index contributed by atoms with van der Waals surface area (Å²) in [6, 6.07) is 19.3. The fourth-order valence-corrected chi connectivity index (χ4v) is 5.84. The molecule has 3 rings (SSSR count). The number of nitrogens with one attached hydrogen (secondary N) is 1. The monoisotopic (exact) mass is 581 g/mol. The van der Waals surface area contributed by atoms with E-state index in [2.05, 4.69) is 5.32 Å². The molecule has 0 heterocycles. The zero-order valence-electron chi connectivity index (χ0n) is 24.5. The Kier molecular flexibility index (Phi) is 10.8. The van der Waals surface area contributed by atoms with Crippen LogP contribution in [0.1, 0.15) is 38.3 Å². The number of amides is 2. The fourth-order valence-electron chi connectivity index (χ4n) is 4.41. The van der Waals surface area contributed by atoms with Crippen LogP contribution in [0.5, 0.6) is 11.5 Å². The number of nitrogens with zero attached hydrogens (tertiary/aromatic N) is 2. The summed E-state index contributed by atoms with van der Waals surface area (Å²) in [5, 5.41) is 2.89. The first-order chi connectivity index (χ1) is 19.5. The molecule has 3 aromatic rings. The smallest absolute Gasteiger partial charge is 0.264 e. The summed E-state index contributed by atoms with van der Waals surface area (Å²) in [4.78, 5) is 28.9. The molecule has 220 valence electrons. The van der Waals surface area contributed by atoms with E-state index in [1.54, 1.807) is 55.6 Å². The van der Waals surface area contributed by atoms with Crippen LogP contribution in [-0.4, -0.2) is 58.0 Å². The van der Waals surface area contributed by atoms with Crippen molar-refractivity contribution < 1.29 is 27.5 Å². The van der Waals surface area contributed by atoms with Gasteiger partial charge in [-0.2, -0.15) is 0 Å². The van der Waals surface area contributed by atoms with Crippen molar-refractivity contribution in [2.75, 3.05) is 25.1 Å². The Morgan fingerprint density at radius 2 is 1.54 bits per heavy atom. The Morgan fingerprint density at radius 3 is 2.10 bits per heavy atom. The van der Waals surface area contributed by atoms with E-state index in [-0.39, 0.29) is 29.1 Å². The molecular formula is C31H39N3O6S. The van der Waals surface area contributed by atoms with Gasteiger partial charge in [0.15, 0.2) is 0 Å². The first kappa shape index (κ1) is 31.5. The van der Waals surface area contributed by atoms with Crippen LogP contribution in [0.15, 0.2) is 77.7 Å². The van der Waals surface area contributed by atoms with Crippen LogP contribution in [-0.2, 0) is 26.2 Å². The minimum absolute atomic E-state index is 0.0353. The zero-order valence-corrected chi connectivity index (χ0v) is 25.3. The van der Waals surface area contributed by atoms with Gasteiger partial charge in [0.2, 0.25) is 11.8 Å². The molecule has 0 unspecified atom stereocenters. The van der Waals surface area contributed by atoms with Gasteiger partial charge in [0.1, 0.15) is 24.1 Å². The highest BCUT2D eigenvalue weighted by Gasteiger charge is 2.34. The van der Waals surface area contributed by atoms with E-state index >= 15 is 0 Å². The maximum atomic E-state index is 14.2. The van der Waals surface area contributed by atoms with E-state index in [0.717, 1.165) is 15.4 Å². The van der Waals surface area contributed by atoms with Crippen molar-refractivity contribution in [1.82, 2.24) is 10.2 Å². The number of hydrogen-bond acceptors (Lipinski definition) is 6. The third kappa shape index (κ3) is 7.79. The Labute approximate surface area is 243 Å². The molecule has 0 aliphatic rings. The van der Waals surface area contributed by atoms with Crippen LogP contribution < -0.4 is 19.1 Å². The summed E-state index contributed by atoms with van der Waals surface area (Å²) < 4.78 is 39.8. The van der Waals surface area contributed by atoms with Crippen LogP contribution in [0.3, 0.4) is 0 Å². The van der Waals surface area contributed by atoms with E-state index in [9.17, 15) is 18.0 Å². The number of aryl methyl sites for hydroxylation is 1. The highest BCUT2D eigenvalue weighted by Crippen LogP contribution is 2.32. The van der Waals surface area contributed by atoms with Crippen molar-refractivity contribution in [1.29, 1.82) is 0 Å². The maximum absolute atomic E-state index is 14.2. The number of carbonyl (C=O) groups excluding carboxylic acids is 2. The van der Waals surface area contributed by atoms with Gasteiger partial charge in [-0.1, -0.05) is 48.9 Å². The normalized spacial score (nSPS) is 12.0. The van der Waals surface area contributed by atoms with Crippen LogP contribution >= 0.6 is 0 Å². The van der Waals surface area contributed by atoms with Crippen molar-refractivity contribution in [3.8, 4) is 11.5 Å². The Balaban J connectivity index is 2.09. The van der Waals surface area contributed by atoms with Gasteiger partial charge in [0, 0.05) is 12.6 Å². The third-order valence-corrected chi connectivity index (χ3v) is 8.34. The van der Waals surface area contributed by atoms with Gasteiger partial charge in [-0.15, -0.1) is 0 Å². The molecule has 3 aromatic carbocycles. The highest BCUT2D eigenvalue weighted by molar-refractivity contribution is 7.92. The first-order valence-electron chi connectivity index (χ1n) is 13.5. The molecule has 0 radical (unpaired) electrons. The molecule has 10 heteroatoms. The number of rotatable bonds is 13. The number of sulfonamides is 1. The van der Waals surface area contributed by atoms with E-state index in [1.807, 2.05) is 39.8 Å². The SMILES string of the molecule is CC[C@@H](C(=O)NC(C)C)N(Cc1ccc(OC)cc1)C(=O)CN(c1ccccc1OC)S(=O)(=O)c1ccc(C)cc1. The summed E-state index contributed by atoms with van der Waals surface area (Å²) >= 11 is 0. The number of methoxy groups -OCH3 is 2. The van der Waals surface area contributed by atoms with Crippen LogP contribution in [0.25, 0.3) is 0 Å². The van der Waals surface area contributed by atoms with Crippen LogP contribution in [0, 0.1) is 6.92 Å². The van der Waals surface area contributed by atoms with Crippen LogP contribution in [0.4, 0.5) is 5.69 Å². The molecule has 0 bridgehead atoms. The van der Waals surface area contributed by atoms with Gasteiger partial charge in [-0.3, -0.25) is 13.9 Å². The Bertz CT molecular complexity index is 1420. The minimum Gasteiger partial charge on any atom is -0.497 e. The first-order valence-corrected chi connectivity index (χ1v) is 14.9. The van der Waals surface area contributed by atoms with Crippen molar-refractivity contribution >= 4 is 27.5 Å². The lowest BCUT2D eigenvalue weighted by Gasteiger charge is -2.33. The zero-order chi connectivity index (χ0) is 30.2. The third-order valence-electron chi connectivity index (χ3n) is 6.57. The van der Waals surface area contributed by atoms with E-state index in [1.165, 1.54) is 24.1 Å². The topological polar surface area (TPSA) is 105 Å². The number of para-hydroxylation sites is 2. The van der Waals surface area contributed by atoms with Gasteiger partial charge in [-0.25, -0.2) is 8.42 Å². The molecule has 0 spiro atoms. The van der Waals surface area contributed by atoms with Crippen LogP contribution in [0.2, 0.25) is 0 Å².